The van der Waals surface area contributed by atoms with Crippen LogP contribution in [-0.2, 0) is 38.4 Å². The molecule has 0 saturated carbocycles. The molecule has 0 aromatic heterocycles. The van der Waals surface area contributed by atoms with Crippen molar-refractivity contribution in [1.29, 1.82) is 0 Å². The molecule has 1 amide bonds. The fraction of sp³-hybridized carbons (Fsp3) is 0.483. The SMILES string of the molecule is CCOC(=O)[C@@H](CCc1ccccc1)N[C@@H](CCCCN)C(=O)N(CC(=O)O)C1Cc2ccccc2C1. The van der Waals surface area contributed by atoms with Crippen LogP contribution in [0.1, 0.15) is 49.3 Å². The molecule has 0 aliphatic heterocycles. The van der Waals surface area contributed by atoms with Crippen molar-refractivity contribution in [2.75, 3.05) is 19.7 Å². The van der Waals surface area contributed by atoms with E-state index >= 15 is 0 Å². The first-order chi connectivity index (χ1) is 17.9. The molecule has 0 radical (unpaired) electrons. The lowest BCUT2D eigenvalue weighted by atomic mass is 10.0. The van der Waals surface area contributed by atoms with Crippen LogP contribution in [-0.4, -0.2) is 65.7 Å². The number of esters is 1. The summed E-state index contributed by atoms with van der Waals surface area (Å²) in [5, 5.41) is 12.9. The van der Waals surface area contributed by atoms with Gasteiger partial charge in [0, 0.05) is 6.04 Å². The summed E-state index contributed by atoms with van der Waals surface area (Å²) in [7, 11) is 0. The summed E-state index contributed by atoms with van der Waals surface area (Å²) in [5.74, 6) is -1.77. The Balaban J connectivity index is 1.81. The lowest BCUT2D eigenvalue weighted by Gasteiger charge is -2.33. The van der Waals surface area contributed by atoms with E-state index in [4.69, 9.17) is 10.5 Å². The number of carbonyl (C=O) groups is 3. The zero-order valence-electron chi connectivity index (χ0n) is 21.6. The number of unbranched alkanes of at least 4 members (excludes halogenated alkanes) is 1. The summed E-state index contributed by atoms with van der Waals surface area (Å²) in [4.78, 5) is 40.1. The van der Waals surface area contributed by atoms with Gasteiger partial charge < -0.3 is 20.5 Å². The summed E-state index contributed by atoms with van der Waals surface area (Å²) >= 11 is 0. The van der Waals surface area contributed by atoms with Crippen molar-refractivity contribution in [3.05, 3.63) is 71.3 Å². The fourth-order valence-electron chi connectivity index (χ4n) is 4.97. The van der Waals surface area contributed by atoms with Crippen LogP contribution in [0.15, 0.2) is 54.6 Å². The third kappa shape index (κ3) is 8.40. The molecule has 1 aliphatic carbocycles. The van der Waals surface area contributed by atoms with E-state index in [1.54, 1.807) is 6.92 Å². The van der Waals surface area contributed by atoms with E-state index in [-0.39, 0.29) is 25.1 Å². The molecule has 0 fully saturated rings. The number of nitrogens with two attached hydrogens (primary N) is 1. The quantitative estimate of drug-likeness (QED) is 0.249. The largest absolute Gasteiger partial charge is 0.480 e. The Kier molecular flexibility index (Phi) is 11.1. The highest BCUT2D eigenvalue weighted by atomic mass is 16.5. The first kappa shape index (κ1) is 28.3. The number of fused-ring (bicyclic) bond motifs is 1. The minimum absolute atomic E-state index is 0.236. The van der Waals surface area contributed by atoms with Crippen molar-refractivity contribution < 1.29 is 24.2 Å². The summed E-state index contributed by atoms with van der Waals surface area (Å²) in [5.41, 5.74) is 9.05. The predicted octanol–water partition coefficient (Wildman–Crippen LogP) is 2.72. The summed E-state index contributed by atoms with van der Waals surface area (Å²) in [6.07, 6.45) is 4.18. The molecule has 8 heteroatoms. The number of amides is 1. The van der Waals surface area contributed by atoms with Crippen LogP contribution in [0.5, 0.6) is 0 Å². The van der Waals surface area contributed by atoms with Gasteiger partial charge in [-0.15, -0.1) is 0 Å². The zero-order chi connectivity index (χ0) is 26.6. The second kappa shape index (κ2) is 14.5. The maximum Gasteiger partial charge on any atom is 0.323 e. The van der Waals surface area contributed by atoms with Crippen molar-refractivity contribution in [3.63, 3.8) is 0 Å². The van der Waals surface area contributed by atoms with Crippen molar-refractivity contribution in [3.8, 4) is 0 Å². The second-order valence-electron chi connectivity index (χ2n) is 9.52. The van der Waals surface area contributed by atoms with Crippen molar-refractivity contribution in [2.24, 2.45) is 5.73 Å². The Labute approximate surface area is 219 Å². The lowest BCUT2D eigenvalue weighted by molar-refractivity contribution is -0.149. The average Bonchev–Trinajstić information content (AvgIpc) is 3.33. The number of nitrogens with one attached hydrogen (secondary N) is 1. The van der Waals surface area contributed by atoms with Crippen molar-refractivity contribution in [1.82, 2.24) is 10.2 Å². The number of hydrogen-bond donors (Lipinski definition) is 3. The van der Waals surface area contributed by atoms with Crippen LogP contribution in [0.4, 0.5) is 0 Å². The number of aryl methyl sites for hydroxylation is 1. The molecular formula is C29H39N3O5. The molecule has 0 heterocycles. The number of benzene rings is 2. The third-order valence-corrected chi connectivity index (χ3v) is 6.84. The number of carboxylic acid groups (broad SMARTS) is 1. The van der Waals surface area contributed by atoms with Crippen LogP contribution >= 0.6 is 0 Å². The van der Waals surface area contributed by atoms with Crippen LogP contribution in [0.3, 0.4) is 0 Å². The number of aliphatic carboxylic acids is 1. The van der Waals surface area contributed by atoms with Gasteiger partial charge in [0.25, 0.3) is 0 Å². The first-order valence-electron chi connectivity index (χ1n) is 13.2. The molecule has 0 bridgehead atoms. The molecule has 0 saturated heterocycles. The number of ether oxygens (including phenoxy) is 1. The van der Waals surface area contributed by atoms with Gasteiger partial charge in [0.15, 0.2) is 0 Å². The van der Waals surface area contributed by atoms with Gasteiger partial charge in [0.05, 0.1) is 12.6 Å². The molecular weight excluding hydrogens is 470 g/mol. The maximum absolute atomic E-state index is 13.9. The van der Waals surface area contributed by atoms with Crippen molar-refractivity contribution in [2.45, 2.75) is 70.0 Å². The van der Waals surface area contributed by atoms with Gasteiger partial charge in [0.1, 0.15) is 12.6 Å². The molecule has 0 spiro atoms. The molecule has 37 heavy (non-hydrogen) atoms. The third-order valence-electron chi connectivity index (χ3n) is 6.84. The second-order valence-corrected chi connectivity index (χ2v) is 9.52. The van der Waals surface area contributed by atoms with E-state index in [0.29, 0.717) is 45.1 Å². The number of nitrogens with zero attached hydrogens (tertiary/aromatic N) is 1. The number of carboxylic acids is 1. The predicted molar refractivity (Wildman–Crippen MR) is 142 cm³/mol. The summed E-state index contributed by atoms with van der Waals surface area (Å²) in [6, 6.07) is 16.1. The molecule has 200 valence electrons. The zero-order valence-corrected chi connectivity index (χ0v) is 21.6. The highest BCUT2D eigenvalue weighted by molar-refractivity contribution is 5.87. The standard InChI is InChI=1S/C29H39N3O5/c1-2-37-29(36)26(16-15-21-10-4-3-5-11-21)31-25(14-8-9-17-30)28(35)32(20-27(33)34)24-18-22-12-6-7-13-23(22)19-24/h3-7,10-13,24-26,31H,2,8-9,14-20,30H2,1H3,(H,33,34)/t25-,26+/m0/s1. The fourth-order valence-corrected chi connectivity index (χ4v) is 4.97. The van der Waals surface area contributed by atoms with E-state index in [1.807, 2.05) is 54.6 Å². The Morgan fingerprint density at radius 3 is 2.24 bits per heavy atom. The Bertz CT molecular complexity index is 1000. The smallest absolute Gasteiger partial charge is 0.323 e. The van der Waals surface area contributed by atoms with E-state index in [1.165, 1.54) is 4.90 Å². The molecule has 8 nitrogen and oxygen atoms in total. The van der Waals surface area contributed by atoms with Crippen LogP contribution in [0.2, 0.25) is 0 Å². The van der Waals surface area contributed by atoms with Crippen LogP contribution < -0.4 is 11.1 Å². The van der Waals surface area contributed by atoms with Gasteiger partial charge in [-0.3, -0.25) is 19.7 Å². The minimum Gasteiger partial charge on any atom is -0.480 e. The summed E-state index contributed by atoms with van der Waals surface area (Å²) < 4.78 is 5.33. The van der Waals surface area contributed by atoms with E-state index in [2.05, 4.69) is 5.32 Å². The van der Waals surface area contributed by atoms with E-state index in [0.717, 1.165) is 23.1 Å². The molecule has 0 unspecified atom stereocenters. The Morgan fingerprint density at radius 1 is 1.00 bits per heavy atom. The molecule has 3 rings (SSSR count). The molecule has 2 aromatic carbocycles. The monoisotopic (exact) mass is 509 g/mol. The van der Waals surface area contributed by atoms with Crippen LogP contribution in [0.25, 0.3) is 0 Å². The highest BCUT2D eigenvalue weighted by Crippen LogP contribution is 2.26. The van der Waals surface area contributed by atoms with E-state index < -0.39 is 24.0 Å². The number of carbonyl (C=O) groups excluding carboxylic acids is 2. The summed E-state index contributed by atoms with van der Waals surface area (Å²) in [6.45, 7) is 2.09. The van der Waals surface area contributed by atoms with Gasteiger partial charge in [-0.1, -0.05) is 61.0 Å². The first-order valence-corrected chi connectivity index (χ1v) is 13.2. The lowest BCUT2D eigenvalue weighted by Crippen LogP contribution is -2.56. The Morgan fingerprint density at radius 2 is 1.65 bits per heavy atom. The Hall–Kier alpha value is -3.23. The molecule has 1 aliphatic rings. The topological polar surface area (TPSA) is 122 Å². The molecule has 2 aromatic rings. The average molecular weight is 510 g/mol. The van der Waals surface area contributed by atoms with Gasteiger partial charge in [-0.2, -0.15) is 0 Å². The van der Waals surface area contributed by atoms with Gasteiger partial charge in [0.2, 0.25) is 5.91 Å². The maximum atomic E-state index is 13.9. The molecule has 2 atom stereocenters. The minimum atomic E-state index is -1.06. The molecule has 4 N–H and O–H groups in total. The van der Waals surface area contributed by atoms with Gasteiger partial charge in [-0.05, 0) is 68.7 Å². The van der Waals surface area contributed by atoms with Crippen LogP contribution in [0, 0.1) is 0 Å². The van der Waals surface area contributed by atoms with Gasteiger partial charge >= 0.3 is 11.9 Å². The highest BCUT2D eigenvalue weighted by Gasteiger charge is 2.36. The van der Waals surface area contributed by atoms with E-state index in [9.17, 15) is 19.5 Å². The normalized spacial score (nSPS) is 14.5. The number of hydrogen-bond acceptors (Lipinski definition) is 6. The number of rotatable bonds is 15. The van der Waals surface area contributed by atoms with Gasteiger partial charge in [-0.25, -0.2) is 0 Å². The van der Waals surface area contributed by atoms with Crippen molar-refractivity contribution >= 4 is 17.8 Å².